The van der Waals surface area contributed by atoms with Crippen LogP contribution in [-0.2, 0) is 14.8 Å². The quantitative estimate of drug-likeness (QED) is 0.716. The van der Waals surface area contributed by atoms with Gasteiger partial charge in [-0.3, -0.25) is 4.79 Å². The van der Waals surface area contributed by atoms with E-state index in [0.29, 0.717) is 19.5 Å². The van der Waals surface area contributed by atoms with Crippen LogP contribution in [0, 0.1) is 0 Å². The van der Waals surface area contributed by atoms with Gasteiger partial charge in [-0.05, 0) is 33.1 Å². The van der Waals surface area contributed by atoms with Crippen LogP contribution in [0.25, 0.3) is 0 Å². The number of rotatable bonds is 5. The van der Waals surface area contributed by atoms with Gasteiger partial charge in [0, 0.05) is 45.7 Å². The third-order valence-corrected chi connectivity index (χ3v) is 6.99. The van der Waals surface area contributed by atoms with E-state index >= 15 is 0 Å². The van der Waals surface area contributed by atoms with Gasteiger partial charge < -0.3 is 15.3 Å². The van der Waals surface area contributed by atoms with Gasteiger partial charge in [0.05, 0.1) is 10.9 Å². The molecule has 0 aromatic rings. The number of amides is 1. The molecule has 134 valence electrons. The van der Waals surface area contributed by atoms with E-state index in [-0.39, 0.29) is 18.5 Å². The van der Waals surface area contributed by atoms with E-state index < -0.39 is 20.9 Å². The molecule has 2 N–H and O–H groups in total. The summed E-state index contributed by atoms with van der Waals surface area (Å²) >= 11 is 0. The van der Waals surface area contributed by atoms with Crippen molar-refractivity contribution in [1.29, 1.82) is 0 Å². The largest absolute Gasteiger partial charge is 0.387 e. The van der Waals surface area contributed by atoms with Gasteiger partial charge in [-0.1, -0.05) is 0 Å². The molecule has 23 heavy (non-hydrogen) atoms. The number of nitrogens with one attached hydrogen (secondary N) is 1. The van der Waals surface area contributed by atoms with Crippen LogP contribution in [0.4, 0.5) is 0 Å². The first-order chi connectivity index (χ1) is 10.6. The number of likely N-dealkylation sites (tertiary alicyclic amines) is 1. The summed E-state index contributed by atoms with van der Waals surface area (Å²) in [7, 11) is -3.30. The Hall–Kier alpha value is -0.700. The molecular formula is C15H29N3O4S. The Kier molecular flexibility index (Phi) is 5.71. The SMILES string of the molecule is CC(=O)NC1CCN(C[C@@]2(O)CCN(S(=O)(=O)C(C)C)C2)CC1. The molecule has 2 aliphatic rings. The van der Waals surface area contributed by atoms with Crippen LogP contribution >= 0.6 is 0 Å². The minimum absolute atomic E-state index is 0.00703. The van der Waals surface area contributed by atoms with Gasteiger partial charge >= 0.3 is 0 Å². The number of β-amino-alcohol motifs (C(OH)–C–C–N with tert-alkyl or cyclic N) is 1. The Balaban J connectivity index is 1.86. The molecule has 0 bridgehead atoms. The van der Waals surface area contributed by atoms with Gasteiger partial charge in [-0.2, -0.15) is 4.31 Å². The summed E-state index contributed by atoms with van der Waals surface area (Å²) in [6, 6.07) is 0.208. The maximum Gasteiger partial charge on any atom is 0.217 e. The predicted molar refractivity (Wildman–Crippen MR) is 88.5 cm³/mol. The maximum atomic E-state index is 12.2. The van der Waals surface area contributed by atoms with Crippen molar-refractivity contribution < 1.29 is 18.3 Å². The molecule has 0 aromatic heterocycles. The molecular weight excluding hydrogens is 318 g/mol. The third-order valence-electron chi connectivity index (χ3n) is 4.77. The number of hydrogen-bond donors (Lipinski definition) is 2. The topological polar surface area (TPSA) is 90.0 Å². The number of carbonyl (C=O) groups is 1. The minimum Gasteiger partial charge on any atom is -0.387 e. The summed E-state index contributed by atoms with van der Waals surface area (Å²) in [6.07, 6.45) is 2.21. The molecule has 0 radical (unpaired) electrons. The summed E-state index contributed by atoms with van der Waals surface area (Å²) < 4.78 is 25.9. The zero-order chi connectivity index (χ0) is 17.3. The van der Waals surface area contributed by atoms with Gasteiger partial charge in [-0.15, -0.1) is 0 Å². The Morgan fingerprint density at radius 2 is 1.91 bits per heavy atom. The molecule has 0 unspecified atom stereocenters. The van der Waals surface area contributed by atoms with Crippen LogP contribution in [0.1, 0.15) is 40.0 Å². The van der Waals surface area contributed by atoms with Gasteiger partial charge in [-0.25, -0.2) is 8.42 Å². The normalized spacial score (nSPS) is 28.4. The molecule has 1 amide bonds. The van der Waals surface area contributed by atoms with Crippen LogP contribution < -0.4 is 5.32 Å². The molecule has 7 nitrogen and oxygen atoms in total. The van der Waals surface area contributed by atoms with Crippen LogP contribution in [-0.4, -0.2) is 78.3 Å². The number of aliphatic hydroxyl groups is 1. The highest BCUT2D eigenvalue weighted by molar-refractivity contribution is 7.89. The molecule has 2 heterocycles. The highest BCUT2D eigenvalue weighted by atomic mass is 32.2. The molecule has 2 rings (SSSR count). The van der Waals surface area contributed by atoms with Crippen molar-refractivity contribution in [3.05, 3.63) is 0 Å². The fraction of sp³-hybridized carbons (Fsp3) is 0.933. The Morgan fingerprint density at radius 1 is 1.30 bits per heavy atom. The lowest BCUT2D eigenvalue weighted by molar-refractivity contribution is -0.120. The molecule has 0 aliphatic carbocycles. The zero-order valence-corrected chi connectivity index (χ0v) is 15.1. The lowest BCUT2D eigenvalue weighted by atomic mass is 9.99. The standard InChI is InChI=1S/C15H29N3O4S/c1-12(2)23(21,22)18-9-6-15(20,11-18)10-17-7-4-14(5-8-17)16-13(3)19/h12,14,20H,4-11H2,1-3H3,(H,16,19)/t15-/m0/s1. The number of piperidine rings is 1. The van der Waals surface area contributed by atoms with Crippen molar-refractivity contribution in [3.63, 3.8) is 0 Å². The summed E-state index contributed by atoms with van der Waals surface area (Å²) in [5.74, 6) is -0.00703. The lowest BCUT2D eigenvalue weighted by Gasteiger charge is -2.36. The van der Waals surface area contributed by atoms with Gasteiger partial charge in [0.1, 0.15) is 0 Å². The third kappa shape index (κ3) is 4.65. The second kappa shape index (κ2) is 7.04. The van der Waals surface area contributed by atoms with Crippen LogP contribution in [0.3, 0.4) is 0 Å². The molecule has 2 fully saturated rings. The van der Waals surface area contributed by atoms with Crippen LogP contribution in [0.2, 0.25) is 0 Å². The maximum absolute atomic E-state index is 12.2. The Bertz CT molecular complexity index is 529. The first kappa shape index (κ1) is 18.6. The Labute approximate surface area is 139 Å². The first-order valence-corrected chi connectivity index (χ1v) is 9.83. The Morgan fingerprint density at radius 3 is 2.43 bits per heavy atom. The summed E-state index contributed by atoms with van der Waals surface area (Å²) in [5.41, 5.74) is -0.969. The van der Waals surface area contributed by atoms with E-state index in [1.54, 1.807) is 13.8 Å². The van der Waals surface area contributed by atoms with Crippen molar-refractivity contribution in [2.24, 2.45) is 0 Å². The highest BCUT2D eigenvalue weighted by Gasteiger charge is 2.43. The van der Waals surface area contributed by atoms with E-state index in [4.69, 9.17) is 0 Å². The van der Waals surface area contributed by atoms with E-state index in [9.17, 15) is 18.3 Å². The molecule has 8 heteroatoms. The monoisotopic (exact) mass is 347 g/mol. The molecule has 0 saturated carbocycles. The minimum atomic E-state index is -3.30. The van der Waals surface area contributed by atoms with Crippen molar-refractivity contribution in [3.8, 4) is 0 Å². The van der Waals surface area contributed by atoms with Crippen LogP contribution in [0.15, 0.2) is 0 Å². The number of nitrogens with zero attached hydrogens (tertiary/aromatic N) is 2. The smallest absolute Gasteiger partial charge is 0.217 e. The van der Waals surface area contributed by atoms with Gasteiger partial charge in [0.2, 0.25) is 15.9 Å². The highest BCUT2D eigenvalue weighted by Crippen LogP contribution is 2.27. The molecule has 2 aliphatic heterocycles. The van der Waals surface area contributed by atoms with Crippen molar-refractivity contribution in [1.82, 2.24) is 14.5 Å². The van der Waals surface area contributed by atoms with Crippen molar-refractivity contribution in [2.45, 2.75) is 56.9 Å². The van der Waals surface area contributed by atoms with Gasteiger partial charge in [0.15, 0.2) is 0 Å². The molecule has 0 spiro atoms. The zero-order valence-electron chi connectivity index (χ0n) is 14.3. The van der Waals surface area contributed by atoms with E-state index in [1.165, 1.54) is 11.2 Å². The average Bonchev–Trinajstić information content (AvgIpc) is 2.83. The summed E-state index contributed by atoms with van der Waals surface area (Å²) in [6.45, 7) is 7.53. The number of carbonyl (C=O) groups excluding carboxylic acids is 1. The lowest BCUT2D eigenvalue weighted by Crippen LogP contribution is -2.51. The van der Waals surface area contributed by atoms with Gasteiger partial charge in [0.25, 0.3) is 0 Å². The van der Waals surface area contributed by atoms with Crippen molar-refractivity contribution in [2.75, 3.05) is 32.7 Å². The van der Waals surface area contributed by atoms with E-state index in [2.05, 4.69) is 10.2 Å². The number of hydrogen-bond acceptors (Lipinski definition) is 5. The van der Waals surface area contributed by atoms with Crippen LogP contribution in [0.5, 0.6) is 0 Å². The molecule has 1 atom stereocenters. The second-order valence-corrected chi connectivity index (χ2v) is 9.64. The summed E-state index contributed by atoms with van der Waals surface area (Å²) in [4.78, 5) is 13.3. The fourth-order valence-electron chi connectivity index (χ4n) is 3.40. The molecule has 2 saturated heterocycles. The molecule has 0 aromatic carbocycles. The second-order valence-electron chi connectivity index (χ2n) is 7.15. The predicted octanol–water partition coefficient (Wildman–Crippen LogP) is -0.238. The fourth-order valence-corrected chi connectivity index (χ4v) is 4.77. The average molecular weight is 347 g/mol. The summed E-state index contributed by atoms with van der Waals surface area (Å²) in [5, 5.41) is 13.2. The van der Waals surface area contributed by atoms with Crippen molar-refractivity contribution >= 4 is 15.9 Å². The van der Waals surface area contributed by atoms with E-state index in [0.717, 1.165) is 25.9 Å². The first-order valence-electron chi connectivity index (χ1n) is 8.33. The number of sulfonamides is 1. The van der Waals surface area contributed by atoms with E-state index in [1.807, 2.05) is 0 Å².